The molecule has 0 aliphatic carbocycles. The van der Waals surface area contributed by atoms with Gasteiger partial charge in [0.25, 0.3) is 0 Å². The molecule has 2 aromatic carbocycles. The van der Waals surface area contributed by atoms with E-state index in [2.05, 4.69) is 65.8 Å². The minimum atomic E-state index is 0.257. The highest BCUT2D eigenvalue weighted by molar-refractivity contribution is 5.51. The molecular formula is C48H82O2. The Bertz CT molecular complexity index is 1050. The van der Waals surface area contributed by atoms with E-state index in [1.54, 1.807) is 0 Å². The van der Waals surface area contributed by atoms with Crippen molar-refractivity contribution in [2.24, 2.45) is 5.92 Å². The molecule has 0 aliphatic heterocycles. The molecule has 2 nitrogen and oxygen atoms in total. The molecule has 0 radical (unpaired) electrons. The average molecular weight is 691 g/mol. The fourth-order valence-electron chi connectivity index (χ4n) is 8.07. The van der Waals surface area contributed by atoms with Crippen molar-refractivity contribution in [1.82, 2.24) is 0 Å². The van der Waals surface area contributed by atoms with Crippen LogP contribution in [0.25, 0.3) is 0 Å². The fourth-order valence-corrected chi connectivity index (χ4v) is 8.07. The summed E-state index contributed by atoms with van der Waals surface area (Å²) in [5.41, 5.74) is 7.84. The predicted octanol–water partition coefficient (Wildman–Crippen LogP) is 15.5. The molecule has 2 rings (SSSR count). The summed E-state index contributed by atoms with van der Waals surface area (Å²) in [6.07, 6.45) is 34.6. The van der Waals surface area contributed by atoms with Crippen molar-refractivity contribution in [1.29, 1.82) is 0 Å². The van der Waals surface area contributed by atoms with E-state index in [0.717, 1.165) is 49.7 Å². The van der Waals surface area contributed by atoms with E-state index in [1.165, 1.54) is 164 Å². The summed E-state index contributed by atoms with van der Waals surface area (Å²) in [4.78, 5) is 0. The van der Waals surface area contributed by atoms with Crippen molar-refractivity contribution >= 4 is 0 Å². The van der Waals surface area contributed by atoms with Crippen LogP contribution in [0.15, 0.2) is 24.3 Å². The van der Waals surface area contributed by atoms with Crippen molar-refractivity contribution in [3.8, 4) is 11.5 Å². The molecule has 0 amide bonds. The van der Waals surface area contributed by atoms with Gasteiger partial charge in [0, 0.05) is 5.92 Å². The molecule has 0 atom stereocenters. The standard InChI is InChI=1S/C48H82O2/c1-7-11-15-19-23-27-31-40-37-46(49)42(33-29-25-21-17-13-9-3)35-44(40)48(39(5)6)45-36-43(34-30-26-22-18-14-10-4)47(50)38-41(45)32-28-24-20-16-12-8-2/h35-39,48-50H,7-34H2,1-6H3. The lowest BCUT2D eigenvalue weighted by Gasteiger charge is -2.29. The second-order valence-corrected chi connectivity index (χ2v) is 16.2. The SMILES string of the molecule is CCCCCCCCc1cc(C(c2cc(CCCCCCCC)c(O)cc2CCCCCCCC)C(C)C)c(CCCCCCCC)cc1O. The highest BCUT2D eigenvalue weighted by Gasteiger charge is 2.26. The van der Waals surface area contributed by atoms with Crippen molar-refractivity contribution in [2.45, 2.75) is 227 Å². The lowest BCUT2D eigenvalue weighted by Crippen LogP contribution is -2.15. The maximum absolute atomic E-state index is 11.4. The lowest BCUT2D eigenvalue weighted by atomic mass is 9.75. The number of aromatic hydroxyl groups is 2. The summed E-state index contributed by atoms with van der Waals surface area (Å²) >= 11 is 0. The first-order valence-electron chi connectivity index (χ1n) is 22.1. The molecular weight excluding hydrogens is 609 g/mol. The average Bonchev–Trinajstić information content (AvgIpc) is 3.10. The first-order chi connectivity index (χ1) is 24.4. The van der Waals surface area contributed by atoms with Crippen LogP contribution in [0.5, 0.6) is 11.5 Å². The maximum Gasteiger partial charge on any atom is 0.119 e. The van der Waals surface area contributed by atoms with E-state index >= 15 is 0 Å². The summed E-state index contributed by atoms with van der Waals surface area (Å²) in [5.74, 6) is 1.69. The van der Waals surface area contributed by atoms with Gasteiger partial charge in [-0.25, -0.2) is 0 Å². The molecule has 0 saturated heterocycles. The molecule has 0 aliphatic rings. The van der Waals surface area contributed by atoms with E-state index in [0.29, 0.717) is 17.4 Å². The van der Waals surface area contributed by atoms with E-state index < -0.39 is 0 Å². The van der Waals surface area contributed by atoms with Crippen LogP contribution in [0.4, 0.5) is 0 Å². The molecule has 0 fully saturated rings. The Morgan fingerprint density at radius 1 is 0.360 bits per heavy atom. The van der Waals surface area contributed by atoms with Gasteiger partial charge in [-0.05, 0) is 103 Å². The van der Waals surface area contributed by atoms with Crippen LogP contribution >= 0.6 is 0 Å². The lowest BCUT2D eigenvalue weighted by molar-refractivity contribution is 0.461. The van der Waals surface area contributed by atoms with Crippen LogP contribution in [0, 0.1) is 5.92 Å². The highest BCUT2D eigenvalue weighted by Crippen LogP contribution is 2.42. The third kappa shape index (κ3) is 17.0. The van der Waals surface area contributed by atoms with E-state index in [9.17, 15) is 10.2 Å². The van der Waals surface area contributed by atoms with Gasteiger partial charge in [0.05, 0.1) is 0 Å². The molecule has 0 saturated carbocycles. The van der Waals surface area contributed by atoms with Gasteiger partial charge in [-0.15, -0.1) is 0 Å². The smallest absolute Gasteiger partial charge is 0.119 e. The van der Waals surface area contributed by atoms with Gasteiger partial charge in [-0.3, -0.25) is 0 Å². The molecule has 286 valence electrons. The minimum Gasteiger partial charge on any atom is -0.508 e. The zero-order valence-corrected chi connectivity index (χ0v) is 34.2. The van der Waals surface area contributed by atoms with Gasteiger partial charge < -0.3 is 10.2 Å². The zero-order chi connectivity index (χ0) is 36.4. The Hall–Kier alpha value is -1.96. The van der Waals surface area contributed by atoms with Crippen molar-refractivity contribution < 1.29 is 10.2 Å². The third-order valence-electron chi connectivity index (χ3n) is 11.2. The first kappa shape index (κ1) is 44.2. The number of hydrogen-bond acceptors (Lipinski definition) is 2. The van der Waals surface area contributed by atoms with Crippen LogP contribution in [0.1, 0.15) is 235 Å². The number of rotatable bonds is 31. The maximum atomic E-state index is 11.4. The molecule has 2 aromatic rings. The number of aryl methyl sites for hydroxylation is 4. The van der Waals surface area contributed by atoms with E-state index in [4.69, 9.17) is 0 Å². The third-order valence-corrected chi connectivity index (χ3v) is 11.2. The van der Waals surface area contributed by atoms with Gasteiger partial charge in [-0.2, -0.15) is 0 Å². The van der Waals surface area contributed by atoms with E-state index in [-0.39, 0.29) is 5.92 Å². The molecule has 0 heterocycles. The summed E-state index contributed by atoms with van der Waals surface area (Å²) in [6, 6.07) is 9.17. The normalized spacial score (nSPS) is 11.8. The van der Waals surface area contributed by atoms with Crippen molar-refractivity contribution in [3.05, 3.63) is 57.6 Å². The minimum absolute atomic E-state index is 0.257. The Labute approximate surface area is 311 Å². The van der Waals surface area contributed by atoms with Gasteiger partial charge >= 0.3 is 0 Å². The number of benzene rings is 2. The number of hydrogen-bond donors (Lipinski definition) is 2. The second kappa shape index (κ2) is 27.7. The quantitative estimate of drug-likeness (QED) is 0.0773. The van der Waals surface area contributed by atoms with Crippen molar-refractivity contribution in [3.63, 3.8) is 0 Å². The molecule has 50 heavy (non-hydrogen) atoms. The number of unbranched alkanes of at least 4 members (excludes halogenated alkanes) is 20. The molecule has 0 aromatic heterocycles. The summed E-state index contributed by atoms with van der Waals surface area (Å²) in [6.45, 7) is 13.9. The van der Waals surface area contributed by atoms with Crippen LogP contribution in [-0.4, -0.2) is 10.2 Å². The Morgan fingerprint density at radius 3 is 0.900 bits per heavy atom. The molecule has 2 N–H and O–H groups in total. The topological polar surface area (TPSA) is 40.5 Å². The molecule has 0 spiro atoms. The largest absolute Gasteiger partial charge is 0.508 e. The number of phenolic OH excluding ortho intramolecular Hbond substituents is 2. The molecule has 0 bridgehead atoms. The van der Waals surface area contributed by atoms with Gasteiger partial charge in [0.15, 0.2) is 0 Å². The number of phenols is 2. The van der Waals surface area contributed by atoms with Gasteiger partial charge in [0.2, 0.25) is 0 Å². The first-order valence-corrected chi connectivity index (χ1v) is 22.1. The van der Waals surface area contributed by atoms with Gasteiger partial charge in [-0.1, -0.05) is 182 Å². The Morgan fingerprint density at radius 2 is 0.620 bits per heavy atom. The van der Waals surface area contributed by atoms with Gasteiger partial charge in [0.1, 0.15) is 11.5 Å². The summed E-state index contributed by atoms with van der Waals surface area (Å²) in [5, 5.41) is 22.8. The second-order valence-electron chi connectivity index (χ2n) is 16.2. The zero-order valence-electron chi connectivity index (χ0n) is 34.2. The van der Waals surface area contributed by atoms with Crippen LogP contribution in [0.3, 0.4) is 0 Å². The van der Waals surface area contributed by atoms with E-state index in [1.807, 2.05) is 0 Å². The highest BCUT2D eigenvalue weighted by atomic mass is 16.3. The van der Waals surface area contributed by atoms with Crippen LogP contribution in [-0.2, 0) is 25.7 Å². The monoisotopic (exact) mass is 691 g/mol. The van der Waals surface area contributed by atoms with Crippen molar-refractivity contribution in [2.75, 3.05) is 0 Å². The molecule has 2 heteroatoms. The fraction of sp³-hybridized carbons (Fsp3) is 0.750. The van der Waals surface area contributed by atoms with Crippen LogP contribution < -0.4 is 0 Å². The Balaban J connectivity index is 2.50. The Kier molecular flexibility index (Phi) is 24.5. The van der Waals surface area contributed by atoms with Crippen LogP contribution in [0.2, 0.25) is 0 Å². The predicted molar refractivity (Wildman–Crippen MR) is 221 cm³/mol. The molecule has 0 unspecified atom stereocenters. The summed E-state index contributed by atoms with van der Waals surface area (Å²) in [7, 11) is 0. The summed E-state index contributed by atoms with van der Waals surface area (Å²) < 4.78 is 0.